The normalized spacial score (nSPS) is 10.7. The Balaban J connectivity index is 1.98. The number of nitrogens with zero attached hydrogens (tertiary/aromatic N) is 1. The van der Waals surface area contributed by atoms with E-state index in [0.29, 0.717) is 35.0 Å². The molecule has 0 unspecified atom stereocenters. The quantitative estimate of drug-likeness (QED) is 0.889. The molecule has 122 valence electrons. The van der Waals surface area contributed by atoms with Crippen molar-refractivity contribution in [2.45, 2.75) is 13.8 Å². The summed E-state index contributed by atoms with van der Waals surface area (Å²) in [5.74, 6) is 0.985. The molecule has 0 aliphatic rings. The minimum atomic E-state index is -0.219. The SMILES string of the molecule is Cc1cc(C(=O)Nc2ccc(NC(=O)CN(C)C)cc2)c(C)o1. The Bertz CT molecular complexity index is 702. The van der Waals surface area contributed by atoms with Crippen LogP contribution in [0.25, 0.3) is 0 Å². The molecular formula is C17H21N3O3. The number of hydrogen-bond donors (Lipinski definition) is 2. The summed E-state index contributed by atoms with van der Waals surface area (Å²) >= 11 is 0. The molecule has 6 nitrogen and oxygen atoms in total. The van der Waals surface area contributed by atoms with Crippen LogP contribution in [-0.4, -0.2) is 37.4 Å². The first-order chi connectivity index (χ1) is 10.8. The van der Waals surface area contributed by atoms with Crippen molar-refractivity contribution >= 4 is 23.2 Å². The van der Waals surface area contributed by atoms with Crippen molar-refractivity contribution in [3.8, 4) is 0 Å². The number of benzene rings is 1. The summed E-state index contributed by atoms with van der Waals surface area (Å²) in [5, 5.41) is 5.59. The lowest BCUT2D eigenvalue weighted by molar-refractivity contribution is -0.116. The van der Waals surface area contributed by atoms with Crippen LogP contribution in [0.15, 0.2) is 34.7 Å². The fraction of sp³-hybridized carbons (Fsp3) is 0.294. The second-order valence-corrected chi connectivity index (χ2v) is 5.64. The van der Waals surface area contributed by atoms with Gasteiger partial charge in [-0.25, -0.2) is 0 Å². The highest BCUT2D eigenvalue weighted by atomic mass is 16.3. The summed E-state index contributed by atoms with van der Waals surface area (Å²) in [7, 11) is 3.66. The molecule has 23 heavy (non-hydrogen) atoms. The van der Waals surface area contributed by atoms with Crippen molar-refractivity contribution in [2.75, 3.05) is 31.3 Å². The zero-order chi connectivity index (χ0) is 17.0. The van der Waals surface area contributed by atoms with E-state index in [1.807, 2.05) is 14.1 Å². The lowest BCUT2D eigenvalue weighted by Gasteiger charge is -2.10. The van der Waals surface area contributed by atoms with Crippen LogP contribution in [0.4, 0.5) is 11.4 Å². The van der Waals surface area contributed by atoms with E-state index in [1.54, 1.807) is 49.1 Å². The van der Waals surface area contributed by atoms with Crippen LogP contribution in [0.1, 0.15) is 21.9 Å². The third kappa shape index (κ3) is 4.69. The van der Waals surface area contributed by atoms with Crippen molar-refractivity contribution in [2.24, 2.45) is 0 Å². The van der Waals surface area contributed by atoms with Gasteiger partial charge >= 0.3 is 0 Å². The highest BCUT2D eigenvalue weighted by Crippen LogP contribution is 2.18. The molecule has 0 atom stereocenters. The van der Waals surface area contributed by atoms with E-state index in [9.17, 15) is 9.59 Å². The van der Waals surface area contributed by atoms with E-state index in [1.165, 1.54) is 0 Å². The number of rotatable bonds is 5. The fourth-order valence-corrected chi connectivity index (χ4v) is 2.18. The predicted molar refractivity (Wildman–Crippen MR) is 89.8 cm³/mol. The maximum Gasteiger partial charge on any atom is 0.259 e. The van der Waals surface area contributed by atoms with Gasteiger partial charge in [0.25, 0.3) is 5.91 Å². The molecule has 1 aromatic carbocycles. The van der Waals surface area contributed by atoms with Gasteiger partial charge in [-0.1, -0.05) is 0 Å². The Labute approximate surface area is 135 Å². The maximum atomic E-state index is 12.2. The molecule has 2 N–H and O–H groups in total. The Kier molecular flexibility index (Phi) is 5.18. The molecule has 1 heterocycles. The number of carbonyl (C=O) groups is 2. The summed E-state index contributed by atoms with van der Waals surface area (Å²) < 4.78 is 5.36. The average molecular weight is 315 g/mol. The smallest absolute Gasteiger partial charge is 0.259 e. The van der Waals surface area contributed by atoms with Crippen LogP contribution < -0.4 is 10.6 Å². The first-order valence-corrected chi connectivity index (χ1v) is 7.28. The number of anilines is 2. The number of likely N-dealkylation sites (N-methyl/N-ethyl adjacent to an activating group) is 1. The monoisotopic (exact) mass is 315 g/mol. The summed E-state index contributed by atoms with van der Waals surface area (Å²) in [6.45, 7) is 3.87. The zero-order valence-electron chi connectivity index (χ0n) is 13.8. The highest BCUT2D eigenvalue weighted by Gasteiger charge is 2.13. The fourth-order valence-electron chi connectivity index (χ4n) is 2.18. The molecule has 2 amide bonds. The number of carbonyl (C=O) groups excluding carboxylic acids is 2. The molecular weight excluding hydrogens is 294 g/mol. The van der Waals surface area contributed by atoms with E-state index in [2.05, 4.69) is 10.6 Å². The third-order valence-corrected chi connectivity index (χ3v) is 3.17. The first kappa shape index (κ1) is 16.8. The van der Waals surface area contributed by atoms with Gasteiger partial charge in [0, 0.05) is 11.4 Å². The van der Waals surface area contributed by atoms with Gasteiger partial charge in [0.1, 0.15) is 11.5 Å². The van der Waals surface area contributed by atoms with Gasteiger partial charge in [-0.05, 0) is 58.3 Å². The van der Waals surface area contributed by atoms with Gasteiger partial charge in [-0.3, -0.25) is 9.59 Å². The molecule has 0 aliphatic heterocycles. The average Bonchev–Trinajstić information content (AvgIpc) is 2.79. The van der Waals surface area contributed by atoms with Gasteiger partial charge in [-0.2, -0.15) is 0 Å². The number of furan rings is 1. The lowest BCUT2D eigenvalue weighted by atomic mass is 10.2. The minimum absolute atomic E-state index is 0.0868. The number of aryl methyl sites for hydroxylation is 2. The van der Waals surface area contributed by atoms with Gasteiger partial charge in [0.05, 0.1) is 12.1 Å². The summed E-state index contributed by atoms with van der Waals surface area (Å²) in [5.41, 5.74) is 1.86. The van der Waals surface area contributed by atoms with Crippen molar-refractivity contribution in [1.82, 2.24) is 4.90 Å². The van der Waals surface area contributed by atoms with E-state index < -0.39 is 0 Å². The summed E-state index contributed by atoms with van der Waals surface area (Å²) in [6, 6.07) is 8.69. The Morgan fingerprint density at radius 1 is 1.04 bits per heavy atom. The molecule has 6 heteroatoms. The van der Waals surface area contributed by atoms with E-state index in [0.717, 1.165) is 0 Å². The summed E-state index contributed by atoms with van der Waals surface area (Å²) in [6.07, 6.45) is 0. The van der Waals surface area contributed by atoms with Crippen molar-refractivity contribution in [1.29, 1.82) is 0 Å². The van der Waals surface area contributed by atoms with Gasteiger partial charge < -0.3 is 20.0 Å². The molecule has 2 aromatic rings. The molecule has 0 radical (unpaired) electrons. The molecule has 0 saturated carbocycles. The number of hydrogen-bond acceptors (Lipinski definition) is 4. The minimum Gasteiger partial charge on any atom is -0.466 e. The Morgan fingerprint density at radius 3 is 2.09 bits per heavy atom. The second kappa shape index (κ2) is 7.11. The van der Waals surface area contributed by atoms with Crippen LogP contribution in [0, 0.1) is 13.8 Å². The standard InChI is InChI=1S/C17H21N3O3/c1-11-9-15(12(2)23-11)17(22)19-14-7-5-13(6-8-14)18-16(21)10-20(3)4/h5-9H,10H2,1-4H3,(H,18,21)(H,19,22). The third-order valence-electron chi connectivity index (χ3n) is 3.17. The molecule has 0 saturated heterocycles. The molecule has 0 bridgehead atoms. The van der Waals surface area contributed by atoms with Crippen LogP contribution >= 0.6 is 0 Å². The molecule has 1 aromatic heterocycles. The Morgan fingerprint density at radius 2 is 1.61 bits per heavy atom. The second-order valence-electron chi connectivity index (χ2n) is 5.64. The molecule has 0 aliphatic carbocycles. The van der Waals surface area contributed by atoms with E-state index in [4.69, 9.17) is 4.42 Å². The summed E-state index contributed by atoms with van der Waals surface area (Å²) in [4.78, 5) is 25.7. The molecule has 2 rings (SSSR count). The molecule has 0 spiro atoms. The van der Waals surface area contributed by atoms with Crippen LogP contribution in [0.5, 0.6) is 0 Å². The van der Waals surface area contributed by atoms with Crippen LogP contribution in [0.2, 0.25) is 0 Å². The lowest BCUT2D eigenvalue weighted by Crippen LogP contribution is -2.27. The zero-order valence-corrected chi connectivity index (χ0v) is 13.8. The van der Waals surface area contributed by atoms with E-state index in [-0.39, 0.29) is 11.8 Å². The first-order valence-electron chi connectivity index (χ1n) is 7.28. The van der Waals surface area contributed by atoms with Gasteiger partial charge in [-0.15, -0.1) is 0 Å². The van der Waals surface area contributed by atoms with E-state index >= 15 is 0 Å². The van der Waals surface area contributed by atoms with Gasteiger partial charge in [0.2, 0.25) is 5.91 Å². The number of nitrogens with one attached hydrogen (secondary N) is 2. The van der Waals surface area contributed by atoms with Crippen molar-refractivity contribution in [3.05, 3.63) is 47.4 Å². The number of amides is 2. The largest absolute Gasteiger partial charge is 0.466 e. The van der Waals surface area contributed by atoms with Crippen molar-refractivity contribution in [3.63, 3.8) is 0 Å². The van der Waals surface area contributed by atoms with Gasteiger partial charge in [0.15, 0.2) is 0 Å². The van der Waals surface area contributed by atoms with Crippen molar-refractivity contribution < 1.29 is 14.0 Å². The molecule has 0 fully saturated rings. The van der Waals surface area contributed by atoms with Crippen LogP contribution in [-0.2, 0) is 4.79 Å². The maximum absolute atomic E-state index is 12.2. The highest BCUT2D eigenvalue weighted by molar-refractivity contribution is 6.05. The van der Waals surface area contributed by atoms with Crippen LogP contribution in [0.3, 0.4) is 0 Å². The Hall–Kier alpha value is -2.60. The topological polar surface area (TPSA) is 74.6 Å². The predicted octanol–water partition coefficient (Wildman–Crippen LogP) is 2.65.